The molecule has 9 nitrogen and oxygen atoms in total. The van der Waals surface area contributed by atoms with Gasteiger partial charge in [0.05, 0.1) is 18.7 Å². The Morgan fingerprint density at radius 3 is 2.30 bits per heavy atom. The van der Waals surface area contributed by atoms with Crippen molar-refractivity contribution in [3.63, 3.8) is 0 Å². The van der Waals surface area contributed by atoms with Gasteiger partial charge in [-0.25, -0.2) is 14.4 Å². The lowest BCUT2D eigenvalue weighted by Crippen LogP contribution is -2.29. The van der Waals surface area contributed by atoms with Crippen molar-refractivity contribution in [1.29, 1.82) is 0 Å². The van der Waals surface area contributed by atoms with Crippen molar-refractivity contribution >= 4 is 40.2 Å². The second-order valence-electron chi connectivity index (χ2n) is 7.15. The Labute approximate surface area is 179 Å². The van der Waals surface area contributed by atoms with E-state index in [0.29, 0.717) is 23.1 Å². The monoisotopic (exact) mass is 442 g/mol. The smallest absolute Gasteiger partial charge is 0.414 e. The molecule has 0 saturated carbocycles. The molecule has 1 amide bonds. The van der Waals surface area contributed by atoms with Crippen LogP contribution in [0.15, 0.2) is 0 Å². The average Bonchev–Trinajstić information content (AvgIpc) is 3.03. The van der Waals surface area contributed by atoms with Gasteiger partial charge < -0.3 is 25.6 Å². The number of carboxylic acid groups (broad SMARTS) is 2. The van der Waals surface area contributed by atoms with Crippen LogP contribution in [-0.2, 0) is 32.0 Å². The van der Waals surface area contributed by atoms with Crippen LogP contribution in [0.4, 0.5) is 5.00 Å². The lowest BCUT2D eigenvalue weighted by Gasteiger charge is -2.12. The lowest BCUT2D eigenvalue weighted by atomic mass is 9.95. The molecule has 0 bridgehead atoms. The fraction of sp³-hybridized carbons (Fsp3) is 0.600. The van der Waals surface area contributed by atoms with E-state index in [1.54, 1.807) is 6.92 Å². The number of aryl methyl sites for hydroxylation is 1. The number of rotatable bonds is 8. The molecule has 1 aromatic heterocycles. The molecule has 10 heteroatoms. The van der Waals surface area contributed by atoms with Crippen molar-refractivity contribution in [3.05, 3.63) is 16.0 Å². The molecule has 4 N–H and O–H groups in total. The number of hydrogen-bond donors (Lipinski definition) is 4. The predicted octanol–water partition coefficient (Wildman–Crippen LogP) is 2.53. The molecule has 0 aromatic carbocycles. The maximum absolute atomic E-state index is 12.3. The lowest BCUT2D eigenvalue weighted by molar-refractivity contribution is -0.159. The highest BCUT2D eigenvalue weighted by atomic mass is 32.1. The number of carboxylic acids is 2. The molecule has 1 aliphatic rings. The van der Waals surface area contributed by atoms with Crippen molar-refractivity contribution in [3.8, 4) is 0 Å². The molecular weight excluding hydrogens is 412 g/mol. The van der Waals surface area contributed by atoms with E-state index in [2.05, 4.69) is 24.5 Å². The molecule has 2 rings (SSSR count). The summed E-state index contributed by atoms with van der Waals surface area (Å²) in [7, 11) is 0. The summed E-state index contributed by atoms with van der Waals surface area (Å²) in [5.74, 6) is -3.46. The average molecular weight is 443 g/mol. The van der Waals surface area contributed by atoms with Crippen molar-refractivity contribution in [2.45, 2.75) is 52.9 Å². The van der Waals surface area contributed by atoms with Crippen LogP contribution >= 0.6 is 11.3 Å². The fourth-order valence-corrected chi connectivity index (χ4v) is 4.13. The molecule has 168 valence electrons. The fourth-order valence-electron chi connectivity index (χ4n) is 2.84. The molecule has 0 atom stereocenters. The van der Waals surface area contributed by atoms with Gasteiger partial charge in [-0.05, 0) is 57.1 Å². The topological polar surface area (TPSA) is 142 Å². The summed E-state index contributed by atoms with van der Waals surface area (Å²) >= 11 is 1.53. The SMILES string of the molecule is CCOC(=O)c1c(NC(=O)CNCCC(C)C)sc2c1CCCC2.O=C(O)C(=O)O. The van der Waals surface area contributed by atoms with Gasteiger partial charge >= 0.3 is 17.9 Å². The first-order chi connectivity index (χ1) is 14.2. The molecule has 0 saturated heterocycles. The van der Waals surface area contributed by atoms with E-state index in [1.165, 1.54) is 16.2 Å². The highest BCUT2D eigenvalue weighted by Crippen LogP contribution is 2.38. The van der Waals surface area contributed by atoms with Crippen LogP contribution in [0.5, 0.6) is 0 Å². The van der Waals surface area contributed by atoms with E-state index in [9.17, 15) is 9.59 Å². The van der Waals surface area contributed by atoms with Crippen molar-refractivity contribution in [1.82, 2.24) is 5.32 Å². The zero-order valence-corrected chi connectivity index (χ0v) is 18.4. The third-order valence-corrected chi connectivity index (χ3v) is 5.48. The number of ether oxygens (including phenoxy) is 1. The van der Waals surface area contributed by atoms with Crippen LogP contribution in [0.25, 0.3) is 0 Å². The third kappa shape index (κ3) is 8.50. The summed E-state index contributed by atoms with van der Waals surface area (Å²) in [6.45, 7) is 7.53. The van der Waals surface area contributed by atoms with Gasteiger partial charge in [-0.3, -0.25) is 4.79 Å². The van der Waals surface area contributed by atoms with Gasteiger partial charge in [0.1, 0.15) is 5.00 Å². The Morgan fingerprint density at radius 1 is 1.10 bits per heavy atom. The summed E-state index contributed by atoms with van der Waals surface area (Å²) < 4.78 is 5.20. The van der Waals surface area contributed by atoms with Gasteiger partial charge in [0.2, 0.25) is 5.91 Å². The van der Waals surface area contributed by atoms with Gasteiger partial charge in [0.25, 0.3) is 0 Å². The predicted molar refractivity (Wildman–Crippen MR) is 113 cm³/mol. The molecule has 0 spiro atoms. The number of amides is 1. The number of hydrogen-bond acceptors (Lipinski definition) is 7. The van der Waals surface area contributed by atoms with Crippen LogP contribution in [0.2, 0.25) is 0 Å². The van der Waals surface area contributed by atoms with Crippen molar-refractivity contribution in [2.24, 2.45) is 5.92 Å². The van der Waals surface area contributed by atoms with E-state index in [1.807, 2.05) is 0 Å². The molecule has 1 aliphatic carbocycles. The normalized spacial score (nSPS) is 12.4. The van der Waals surface area contributed by atoms with Gasteiger partial charge in [-0.15, -0.1) is 11.3 Å². The Bertz CT molecular complexity index is 747. The number of carbonyl (C=O) groups excluding carboxylic acids is 2. The van der Waals surface area contributed by atoms with Crippen LogP contribution in [-0.4, -0.2) is 53.7 Å². The molecule has 0 fully saturated rings. The number of thiophene rings is 1. The van der Waals surface area contributed by atoms with E-state index >= 15 is 0 Å². The van der Waals surface area contributed by atoms with Crippen LogP contribution < -0.4 is 10.6 Å². The third-order valence-electron chi connectivity index (χ3n) is 4.27. The molecule has 0 unspecified atom stereocenters. The molecular formula is C20H30N2O7S. The first kappa shape index (κ1) is 25.6. The standard InChI is InChI=1S/C18H28N2O3S.C2H2O4/c1-4-23-18(22)16-13-7-5-6-8-14(13)24-17(16)20-15(21)11-19-10-9-12(2)3;3-1(4)2(5)6/h12,19H,4-11H2,1-3H3,(H,20,21);(H,3,4)(H,5,6). The first-order valence-electron chi connectivity index (χ1n) is 9.95. The minimum absolute atomic E-state index is 0.108. The summed E-state index contributed by atoms with van der Waals surface area (Å²) in [5.41, 5.74) is 1.65. The Kier molecular flexibility index (Phi) is 11.1. The van der Waals surface area contributed by atoms with Crippen LogP contribution in [0.3, 0.4) is 0 Å². The van der Waals surface area contributed by atoms with Gasteiger partial charge in [-0.2, -0.15) is 0 Å². The number of carbonyl (C=O) groups is 4. The number of anilines is 1. The van der Waals surface area contributed by atoms with Crippen molar-refractivity contribution < 1.29 is 34.1 Å². The highest BCUT2D eigenvalue weighted by Gasteiger charge is 2.27. The Balaban J connectivity index is 0.000000656. The zero-order chi connectivity index (χ0) is 22.7. The maximum atomic E-state index is 12.3. The Hall–Kier alpha value is -2.46. The van der Waals surface area contributed by atoms with E-state index < -0.39 is 11.9 Å². The molecule has 1 heterocycles. The maximum Gasteiger partial charge on any atom is 0.414 e. The summed E-state index contributed by atoms with van der Waals surface area (Å²) in [6, 6.07) is 0. The summed E-state index contributed by atoms with van der Waals surface area (Å²) in [6.07, 6.45) is 5.13. The van der Waals surface area contributed by atoms with Crippen LogP contribution in [0, 0.1) is 5.92 Å². The van der Waals surface area contributed by atoms with E-state index in [-0.39, 0.29) is 18.4 Å². The van der Waals surface area contributed by atoms with Gasteiger partial charge in [-0.1, -0.05) is 13.8 Å². The van der Waals surface area contributed by atoms with Crippen LogP contribution in [0.1, 0.15) is 60.8 Å². The summed E-state index contributed by atoms with van der Waals surface area (Å²) in [4.78, 5) is 43.9. The van der Waals surface area contributed by atoms with E-state index in [0.717, 1.165) is 44.2 Å². The molecule has 1 aromatic rings. The number of esters is 1. The minimum Gasteiger partial charge on any atom is -0.473 e. The molecule has 0 aliphatic heterocycles. The second kappa shape index (κ2) is 13.0. The van der Waals surface area contributed by atoms with Crippen molar-refractivity contribution in [2.75, 3.05) is 25.0 Å². The summed E-state index contributed by atoms with van der Waals surface area (Å²) in [5, 5.41) is 21.5. The first-order valence-corrected chi connectivity index (χ1v) is 10.8. The Morgan fingerprint density at radius 2 is 1.73 bits per heavy atom. The van der Waals surface area contributed by atoms with Gasteiger partial charge in [0, 0.05) is 4.88 Å². The number of nitrogens with one attached hydrogen (secondary N) is 2. The largest absolute Gasteiger partial charge is 0.473 e. The minimum atomic E-state index is -1.82. The molecule has 30 heavy (non-hydrogen) atoms. The quantitative estimate of drug-likeness (QED) is 0.273. The second-order valence-corrected chi connectivity index (χ2v) is 8.26. The zero-order valence-electron chi connectivity index (χ0n) is 17.6. The van der Waals surface area contributed by atoms with E-state index in [4.69, 9.17) is 24.5 Å². The number of fused-ring (bicyclic) bond motifs is 1. The number of aliphatic carboxylic acids is 2. The molecule has 0 radical (unpaired) electrons. The van der Waals surface area contributed by atoms with Gasteiger partial charge in [0.15, 0.2) is 0 Å². The highest BCUT2D eigenvalue weighted by molar-refractivity contribution is 7.17.